The van der Waals surface area contributed by atoms with E-state index < -0.39 is 0 Å². The van der Waals surface area contributed by atoms with Crippen LogP contribution in [0.4, 0.5) is 4.79 Å². The number of piperidine rings is 1. The second kappa shape index (κ2) is 5.41. The van der Waals surface area contributed by atoms with Crippen LogP contribution in [0.1, 0.15) is 17.7 Å². The summed E-state index contributed by atoms with van der Waals surface area (Å²) >= 11 is 1.48. The van der Waals surface area contributed by atoms with Crippen molar-refractivity contribution in [2.75, 3.05) is 26.2 Å². The summed E-state index contributed by atoms with van der Waals surface area (Å²) in [6.45, 7) is 3.92. The predicted octanol–water partition coefficient (Wildman–Crippen LogP) is 0.258. The number of thiophene rings is 1. The number of nitrogens with zero attached hydrogens (tertiary/aromatic N) is 3. The molecular formula is C16H18N4OS. The zero-order chi connectivity index (χ0) is 15.1. The lowest BCUT2D eigenvalue weighted by molar-refractivity contribution is 0.193. The molecule has 114 valence electrons. The monoisotopic (exact) mass is 314 g/mol. The molecule has 0 saturated carbocycles. The molecule has 5 nitrogen and oxygen atoms in total. The van der Waals surface area contributed by atoms with Crippen molar-refractivity contribution in [2.45, 2.75) is 18.9 Å². The summed E-state index contributed by atoms with van der Waals surface area (Å²) in [5, 5.41) is 13.1. The molecule has 2 bridgehead atoms. The molecule has 0 aromatic carbocycles. The van der Waals surface area contributed by atoms with Crippen LogP contribution < -0.4 is 15.1 Å². The highest BCUT2D eigenvalue weighted by Gasteiger charge is 2.33. The fourth-order valence-electron chi connectivity index (χ4n) is 3.70. The molecule has 1 aromatic heterocycles. The maximum Gasteiger partial charge on any atom is 0.321 e. The van der Waals surface area contributed by atoms with Gasteiger partial charge in [0.25, 0.3) is 0 Å². The van der Waals surface area contributed by atoms with Gasteiger partial charge in [0.05, 0.1) is 0 Å². The highest BCUT2D eigenvalue weighted by atomic mass is 32.1. The van der Waals surface area contributed by atoms with Crippen LogP contribution in [0, 0.1) is 17.2 Å². The third-order valence-corrected chi connectivity index (χ3v) is 5.78. The predicted molar refractivity (Wildman–Crippen MR) is 85.4 cm³/mol. The molecule has 3 atom stereocenters. The Morgan fingerprint density at radius 2 is 2.36 bits per heavy atom. The lowest BCUT2D eigenvalue weighted by Gasteiger charge is -2.32. The first-order valence-electron chi connectivity index (χ1n) is 7.73. The van der Waals surface area contributed by atoms with Gasteiger partial charge in [0.1, 0.15) is 10.9 Å². The van der Waals surface area contributed by atoms with Crippen molar-refractivity contribution in [3.05, 3.63) is 20.7 Å². The maximum absolute atomic E-state index is 12.5. The molecule has 1 aromatic rings. The number of urea groups is 1. The Kier molecular flexibility index (Phi) is 3.40. The van der Waals surface area contributed by atoms with Crippen LogP contribution in [0.3, 0.4) is 0 Å². The minimum atomic E-state index is -0.0286. The van der Waals surface area contributed by atoms with Gasteiger partial charge in [0.2, 0.25) is 0 Å². The Hall–Kier alpha value is -1.84. The number of nitrogens with one attached hydrogen (secondary N) is 1. The fraction of sp³-hybridized carbons (Fsp3) is 0.500. The summed E-state index contributed by atoms with van der Waals surface area (Å²) in [5.41, 5.74) is 0. The van der Waals surface area contributed by atoms with E-state index >= 15 is 0 Å². The third-order valence-electron chi connectivity index (χ3n) is 4.72. The van der Waals surface area contributed by atoms with E-state index in [1.165, 1.54) is 30.8 Å². The van der Waals surface area contributed by atoms with Gasteiger partial charge in [-0.05, 0) is 37.4 Å². The van der Waals surface area contributed by atoms with Crippen LogP contribution >= 0.6 is 11.3 Å². The molecule has 0 radical (unpaired) electrons. The molecule has 4 rings (SSSR count). The van der Waals surface area contributed by atoms with E-state index in [2.05, 4.69) is 16.3 Å². The molecule has 6 heteroatoms. The Bertz CT molecular complexity index is 750. The van der Waals surface area contributed by atoms with E-state index in [0.29, 0.717) is 11.4 Å². The molecule has 4 heterocycles. The van der Waals surface area contributed by atoms with Gasteiger partial charge in [-0.2, -0.15) is 5.26 Å². The van der Waals surface area contributed by atoms with Gasteiger partial charge in [-0.1, -0.05) is 0 Å². The normalized spacial score (nSPS) is 29.0. The summed E-state index contributed by atoms with van der Waals surface area (Å²) in [4.78, 5) is 17.3. The van der Waals surface area contributed by atoms with E-state index in [1.54, 1.807) is 4.90 Å². The molecule has 2 fully saturated rings. The highest BCUT2D eigenvalue weighted by Crippen LogP contribution is 2.26. The van der Waals surface area contributed by atoms with Crippen molar-refractivity contribution in [2.24, 2.45) is 5.92 Å². The number of carbonyl (C=O) groups is 1. The molecule has 1 N–H and O–H groups in total. The Morgan fingerprint density at radius 1 is 1.45 bits per heavy atom. The van der Waals surface area contributed by atoms with Crippen LogP contribution in [-0.4, -0.2) is 48.1 Å². The Balaban J connectivity index is 1.46. The highest BCUT2D eigenvalue weighted by molar-refractivity contribution is 7.10. The van der Waals surface area contributed by atoms with Crippen molar-refractivity contribution in [1.82, 2.24) is 15.1 Å². The van der Waals surface area contributed by atoms with Crippen LogP contribution in [0.2, 0.25) is 0 Å². The van der Waals surface area contributed by atoms with Crippen molar-refractivity contribution >= 4 is 29.6 Å². The van der Waals surface area contributed by atoms with Crippen molar-refractivity contribution in [3.8, 4) is 6.07 Å². The number of carbonyl (C=O) groups excluding carboxylic acids is 1. The number of hydrogen-bond donors (Lipinski definition) is 1. The third kappa shape index (κ3) is 2.51. The van der Waals surface area contributed by atoms with Gasteiger partial charge in [0, 0.05) is 41.6 Å². The SMILES string of the molecule is N#Cc1cc2c(s1)=CCN(C(=O)N[C@@H]1C[C@H]3CCN(C3)C1)C=2. The summed E-state index contributed by atoms with van der Waals surface area (Å²) in [7, 11) is 0. The fourth-order valence-corrected chi connectivity index (χ4v) is 4.56. The second-order valence-electron chi connectivity index (χ2n) is 6.32. The lowest BCUT2D eigenvalue weighted by Crippen LogP contribution is -2.51. The maximum atomic E-state index is 12.5. The molecule has 2 amide bonds. The minimum Gasteiger partial charge on any atom is -0.334 e. The second-order valence-corrected chi connectivity index (χ2v) is 7.41. The van der Waals surface area contributed by atoms with Crippen LogP contribution in [-0.2, 0) is 0 Å². The molecule has 0 spiro atoms. The van der Waals surface area contributed by atoms with Gasteiger partial charge in [-0.25, -0.2) is 4.79 Å². The first-order chi connectivity index (χ1) is 10.7. The quantitative estimate of drug-likeness (QED) is 0.809. The van der Waals surface area contributed by atoms with E-state index in [-0.39, 0.29) is 12.1 Å². The van der Waals surface area contributed by atoms with Gasteiger partial charge >= 0.3 is 6.03 Å². The van der Waals surface area contributed by atoms with Crippen molar-refractivity contribution < 1.29 is 4.79 Å². The molecule has 0 aliphatic carbocycles. The van der Waals surface area contributed by atoms with Gasteiger partial charge in [-0.3, -0.25) is 4.90 Å². The van der Waals surface area contributed by atoms with Crippen LogP contribution in [0.15, 0.2) is 6.07 Å². The summed E-state index contributed by atoms with van der Waals surface area (Å²) < 4.78 is 1.09. The minimum absolute atomic E-state index is 0.0286. The lowest BCUT2D eigenvalue weighted by atomic mass is 9.97. The molecule has 2 saturated heterocycles. The first kappa shape index (κ1) is 13.8. The van der Waals surface area contributed by atoms with E-state index in [0.717, 1.165) is 28.6 Å². The van der Waals surface area contributed by atoms with Crippen molar-refractivity contribution in [1.29, 1.82) is 5.26 Å². The largest absolute Gasteiger partial charge is 0.334 e. The zero-order valence-corrected chi connectivity index (χ0v) is 13.1. The average molecular weight is 314 g/mol. The number of hydrogen-bond acceptors (Lipinski definition) is 4. The summed E-state index contributed by atoms with van der Waals surface area (Å²) in [6, 6.07) is 4.25. The van der Waals surface area contributed by atoms with E-state index in [9.17, 15) is 4.79 Å². The number of rotatable bonds is 1. The standard InChI is InChI=1S/C16H18N4OS/c17-7-14-6-12-9-20(4-2-15(12)22-14)16(21)18-13-5-11-1-3-19(8-11)10-13/h2,6,9,11,13H,1,3-5,8,10H2,(H,18,21)/t11-,13-/m1/s1. The Morgan fingerprint density at radius 3 is 3.18 bits per heavy atom. The molecular weight excluding hydrogens is 296 g/mol. The summed E-state index contributed by atoms with van der Waals surface area (Å²) in [6.07, 6.45) is 6.25. The molecule has 1 unspecified atom stereocenters. The van der Waals surface area contributed by atoms with Crippen LogP contribution in [0.5, 0.6) is 0 Å². The van der Waals surface area contributed by atoms with E-state index in [1.807, 2.05) is 18.3 Å². The van der Waals surface area contributed by atoms with Crippen molar-refractivity contribution in [3.63, 3.8) is 0 Å². The van der Waals surface area contributed by atoms with Crippen LogP contribution in [0.25, 0.3) is 12.3 Å². The molecule has 22 heavy (non-hydrogen) atoms. The number of fused-ring (bicyclic) bond motifs is 3. The zero-order valence-electron chi connectivity index (χ0n) is 12.3. The summed E-state index contributed by atoms with van der Waals surface area (Å²) in [5.74, 6) is 0.748. The molecule has 3 aliphatic heterocycles. The Labute approximate surface area is 133 Å². The van der Waals surface area contributed by atoms with E-state index in [4.69, 9.17) is 5.26 Å². The van der Waals surface area contributed by atoms with Gasteiger partial charge < -0.3 is 10.2 Å². The number of amides is 2. The van der Waals surface area contributed by atoms with Gasteiger partial charge in [0.15, 0.2) is 0 Å². The first-order valence-corrected chi connectivity index (χ1v) is 8.54. The molecule has 3 aliphatic rings. The number of nitriles is 1. The van der Waals surface area contributed by atoms with Gasteiger partial charge in [-0.15, -0.1) is 11.3 Å². The smallest absolute Gasteiger partial charge is 0.321 e. The topological polar surface area (TPSA) is 59.4 Å². The average Bonchev–Trinajstić information content (AvgIpc) is 3.09.